The molecule has 2 rings (SSSR count). The molecule has 0 spiro atoms. The van der Waals surface area contributed by atoms with E-state index in [0.717, 1.165) is 57.2 Å². The molecule has 0 unspecified atom stereocenters. The van der Waals surface area contributed by atoms with E-state index >= 15 is 0 Å². The number of aromatic nitrogens is 2. The van der Waals surface area contributed by atoms with Crippen LogP contribution >= 0.6 is 0 Å². The van der Waals surface area contributed by atoms with Crippen LogP contribution in [0, 0.1) is 0 Å². The summed E-state index contributed by atoms with van der Waals surface area (Å²) in [5.74, 6) is 1.22. The lowest BCUT2D eigenvalue weighted by Crippen LogP contribution is -2.31. The second-order valence-corrected chi connectivity index (χ2v) is 5.82. The van der Waals surface area contributed by atoms with Gasteiger partial charge in [-0.15, -0.1) is 0 Å². The summed E-state index contributed by atoms with van der Waals surface area (Å²) in [6.45, 7) is 10.8. The zero-order valence-corrected chi connectivity index (χ0v) is 14.0. The first-order chi connectivity index (χ1) is 10.7. The molecule has 1 aromatic rings. The molecule has 1 aliphatic heterocycles. The molecule has 1 fully saturated rings. The Morgan fingerprint density at radius 3 is 2.64 bits per heavy atom. The van der Waals surface area contributed by atoms with Crippen LogP contribution in [0.3, 0.4) is 0 Å². The SMILES string of the molecule is CCN(CC)CCCNc1nc(N)ncc1N1CCCCC1. The second-order valence-electron chi connectivity index (χ2n) is 5.82. The second kappa shape index (κ2) is 8.78. The summed E-state index contributed by atoms with van der Waals surface area (Å²) >= 11 is 0. The van der Waals surface area contributed by atoms with Gasteiger partial charge in [-0.05, 0) is 45.3 Å². The van der Waals surface area contributed by atoms with Crippen molar-refractivity contribution in [3.63, 3.8) is 0 Å². The van der Waals surface area contributed by atoms with Crippen molar-refractivity contribution in [3.05, 3.63) is 6.20 Å². The summed E-state index contributed by atoms with van der Waals surface area (Å²) in [5.41, 5.74) is 6.86. The normalized spacial score (nSPS) is 15.3. The van der Waals surface area contributed by atoms with E-state index in [1.54, 1.807) is 0 Å². The molecule has 2 heterocycles. The molecule has 0 aliphatic carbocycles. The molecule has 0 amide bonds. The van der Waals surface area contributed by atoms with Crippen molar-refractivity contribution in [2.24, 2.45) is 0 Å². The number of nitrogen functional groups attached to an aromatic ring is 1. The Morgan fingerprint density at radius 2 is 1.95 bits per heavy atom. The van der Waals surface area contributed by atoms with E-state index in [0.29, 0.717) is 5.95 Å². The molecular weight excluding hydrogens is 276 g/mol. The van der Waals surface area contributed by atoms with E-state index in [4.69, 9.17) is 5.73 Å². The molecule has 22 heavy (non-hydrogen) atoms. The maximum atomic E-state index is 5.76. The van der Waals surface area contributed by atoms with Crippen LogP contribution in [0.2, 0.25) is 0 Å². The Balaban J connectivity index is 1.92. The van der Waals surface area contributed by atoms with E-state index in [-0.39, 0.29) is 0 Å². The highest BCUT2D eigenvalue weighted by Gasteiger charge is 2.16. The molecule has 0 radical (unpaired) electrons. The standard InChI is InChI=1S/C16H30N6/c1-3-21(4-2)10-8-9-18-15-14(13-19-16(17)20-15)22-11-6-5-7-12-22/h13H,3-12H2,1-2H3,(H3,17,18,19,20). The van der Waals surface area contributed by atoms with Crippen molar-refractivity contribution in [2.45, 2.75) is 39.5 Å². The topological polar surface area (TPSA) is 70.3 Å². The van der Waals surface area contributed by atoms with Crippen LogP contribution in [0.5, 0.6) is 0 Å². The third-order valence-electron chi connectivity index (χ3n) is 4.32. The molecule has 1 aliphatic rings. The quantitative estimate of drug-likeness (QED) is 0.718. The van der Waals surface area contributed by atoms with Crippen LogP contribution in [0.25, 0.3) is 0 Å². The largest absolute Gasteiger partial charge is 0.368 e. The molecule has 6 nitrogen and oxygen atoms in total. The maximum absolute atomic E-state index is 5.76. The first-order valence-corrected chi connectivity index (χ1v) is 8.58. The van der Waals surface area contributed by atoms with Crippen LogP contribution in [0.4, 0.5) is 17.5 Å². The zero-order chi connectivity index (χ0) is 15.8. The van der Waals surface area contributed by atoms with Gasteiger partial charge in [-0.2, -0.15) is 4.98 Å². The fraction of sp³-hybridized carbons (Fsp3) is 0.750. The van der Waals surface area contributed by atoms with Gasteiger partial charge in [0, 0.05) is 19.6 Å². The summed E-state index contributed by atoms with van der Waals surface area (Å²) < 4.78 is 0. The van der Waals surface area contributed by atoms with Crippen molar-refractivity contribution in [1.29, 1.82) is 0 Å². The highest BCUT2D eigenvalue weighted by Crippen LogP contribution is 2.26. The highest BCUT2D eigenvalue weighted by molar-refractivity contribution is 5.66. The third-order valence-corrected chi connectivity index (χ3v) is 4.32. The monoisotopic (exact) mass is 306 g/mol. The lowest BCUT2D eigenvalue weighted by molar-refractivity contribution is 0.303. The Kier molecular flexibility index (Phi) is 6.71. The molecule has 0 atom stereocenters. The van der Waals surface area contributed by atoms with Crippen LogP contribution in [0.15, 0.2) is 6.20 Å². The number of anilines is 3. The summed E-state index contributed by atoms with van der Waals surface area (Å²) in [4.78, 5) is 13.4. The van der Waals surface area contributed by atoms with E-state index in [2.05, 4.69) is 38.9 Å². The number of hydrogen-bond acceptors (Lipinski definition) is 6. The summed E-state index contributed by atoms with van der Waals surface area (Å²) in [6.07, 6.45) is 6.77. The van der Waals surface area contributed by atoms with Crippen molar-refractivity contribution in [3.8, 4) is 0 Å². The number of nitrogens with zero attached hydrogens (tertiary/aromatic N) is 4. The van der Waals surface area contributed by atoms with Gasteiger partial charge in [0.1, 0.15) is 0 Å². The minimum absolute atomic E-state index is 0.340. The van der Waals surface area contributed by atoms with Crippen LogP contribution in [-0.2, 0) is 0 Å². The average molecular weight is 306 g/mol. The Morgan fingerprint density at radius 1 is 1.23 bits per heavy atom. The molecule has 6 heteroatoms. The van der Waals surface area contributed by atoms with Crippen LogP contribution in [0.1, 0.15) is 39.5 Å². The predicted octanol–water partition coefficient (Wildman–Crippen LogP) is 2.19. The first-order valence-electron chi connectivity index (χ1n) is 8.58. The van der Waals surface area contributed by atoms with Gasteiger partial charge in [-0.25, -0.2) is 4.98 Å². The van der Waals surface area contributed by atoms with E-state index in [1.165, 1.54) is 19.3 Å². The van der Waals surface area contributed by atoms with E-state index < -0.39 is 0 Å². The molecule has 3 N–H and O–H groups in total. The first kappa shape index (κ1) is 16.8. The maximum Gasteiger partial charge on any atom is 0.222 e. The molecule has 0 bridgehead atoms. The van der Waals surface area contributed by atoms with Crippen LogP contribution < -0.4 is 16.0 Å². The number of nitrogens with two attached hydrogens (primary N) is 1. The summed E-state index contributed by atoms with van der Waals surface area (Å²) in [6, 6.07) is 0. The van der Waals surface area contributed by atoms with Crippen molar-refractivity contribution < 1.29 is 0 Å². The van der Waals surface area contributed by atoms with Gasteiger partial charge in [-0.3, -0.25) is 0 Å². The van der Waals surface area contributed by atoms with Gasteiger partial charge >= 0.3 is 0 Å². The van der Waals surface area contributed by atoms with Crippen molar-refractivity contribution in [1.82, 2.24) is 14.9 Å². The minimum Gasteiger partial charge on any atom is -0.368 e. The summed E-state index contributed by atoms with van der Waals surface area (Å²) in [5, 5.41) is 3.46. The van der Waals surface area contributed by atoms with Crippen LogP contribution in [-0.4, -0.2) is 54.1 Å². The number of rotatable bonds is 8. The van der Waals surface area contributed by atoms with E-state index in [1.807, 2.05) is 6.20 Å². The van der Waals surface area contributed by atoms with Crippen molar-refractivity contribution in [2.75, 3.05) is 55.2 Å². The van der Waals surface area contributed by atoms with Gasteiger partial charge in [0.05, 0.1) is 11.9 Å². The average Bonchev–Trinajstić information content (AvgIpc) is 2.56. The minimum atomic E-state index is 0.340. The van der Waals surface area contributed by atoms with Gasteiger partial charge in [-0.1, -0.05) is 13.8 Å². The highest BCUT2D eigenvalue weighted by atomic mass is 15.2. The zero-order valence-electron chi connectivity index (χ0n) is 14.0. The Hall–Kier alpha value is -1.56. The van der Waals surface area contributed by atoms with Gasteiger partial charge in [0.25, 0.3) is 0 Å². The molecule has 1 aromatic heterocycles. The molecule has 0 saturated carbocycles. The lowest BCUT2D eigenvalue weighted by Gasteiger charge is -2.30. The number of hydrogen-bond donors (Lipinski definition) is 2. The lowest BCUT2D eigenvalue weighted by atomic mass is 10.1. The van der Waals surface area contributed by atoms with Crippen molar-refractivity contribution >= 4 is 17.5 Å². The fourth-order valence-corrected chi connectivity index (χ4v) is 2.93. The molecule has 0 aromatic carbocycles. The molecular formula is C16H30N6. The molecule has 124 valence electrons. The van der Waals surface area contributed by atoms with Gasteiger partial charge in [0.2, 0.25) is 5.95 Å². The van der Waals surface area contributed by atoms with Gasteiger partial charge < -0.3 is 20.9 Å². The van der Waals surface area contributed by atoms with Gasteiger partial charge in [0.15, 0.2) is 5.82 Å². The van der Waals surface area contributed by atoms with E-state index in [9.17, 15) is 0 Å². The summed E-state index contributed by atoms with van der Waals surface area (Å²) in [7, 11) is 0. The molecule has 1 saturated heterocycles. The third kappa shape index (κ3) is 4.73. The Bertz CT molecular complexity index is 440. The Labute approximate surface area is 134 Å². The number of piperidine rings is 1. The smallest absolute Gasteiger partial charge is 0.222 e. The fourth-order valence-electron chi connectivity index (χ4n) is 2.93. The number of nitrogens with one attached hydrogen (secondary N) is 1. The predicted molar refractivity (Wildman–Crippen MR) is 93.4 cm³/mol.